The van der Waals surface area contributed by atoms with Gasteiger partial charge in [-0.1, -0.05) is 36.4 Å². The van der Waals surface area contributed by atoms with Crippen LogP contribution in [0.1, 0.15) is 0 Å². The van der Waals surface area contributed by atoms with Gasteiger partial charge in [-0.2, -0.15) is 0 Å². The molecule has 0 saturated heterocycles. The Morgan fingerprint density at radius 2 is 0.926 bits per heavy atom. The maximum Gasteiger partial charge on any atom is 0.145 e. The van der Waals surface area contributed by atoms with Gasteiger partial charge in [0.1, 0.15) is 11.2 Å². The van der Waals surface area contributed by atoms with Crippen LogP contribution in [-0.4, -0.2) is 9.97 Å². The summed E-state index contributed by atoms with van der Waals surface area (Å²) in [5.74, 6) is 0. The summed E-state index contributed by atoms with van der Waals surface area (Å²) in [5, 5.41) is 7.04. The minimum absolute atomic E-state index is 0.956. The molecule has 0 amide bonds. The van der Waals surface area contributed by atoms with E-state index in [-0.39, 0.29) is 0 Å². The van der Waals surface area contributed by atoms with E-state index in [0.717, 1.165) is 54.8 Å². The van der Waals surface area contributed by atoms with E-state index in [0.29, 0.717) is 0 Å². The van der Waals surface area contributed by atoms with Crippen molar-refractivity contribution in [2.45, 2.75) is 0 Å². The summed E-state index contributed by atoms with van der Waals surface area (Å²) < 4.78 is 6.57. The predicted molar refractivity (Wildman–Crippen MR) is 112 cm³/mol. The van der Waals surface area contributed by atoms with E-state index in [9.17, 15) is 0 Å². The molecule has 126 valence electrons. The van der Waals surface area contributed by atoms with Crippen LogP contribution in [0.5, 0.6) is 0 Å². The lowest BCUT2D eigenvalue weighted by atomic mass is 10.1. The first-order valence-corrected chi connectivity index (χ1v) is 9.13. The van der Waals surface area contributed by atoms with Crippen molar-refractivity contribution in [2.75, 3.05) is 0 Å². The lowest BCUT2D eigenvalue weighted by Gasteiger charge is -1.93. The molecule has 0 bridgehead atoms. The van der Waals surface area contributed by atoms with Gasteiger partial charge in [0.2, 0.25) is 0 Å². The summed E-state index contributed by atoms with van der Waals surface area (Å²) in [6.07, 6.45) is 0. The number of furan rings is 1. The molecule has 3 heteroatoms. The Kier molecular flexibility index (Phi) is 2.25. The number of fused-ring (bicyclic) bond motifs is 11. The SMILES string of the molecule is c1ccc2c(c1)[nH]c1ccc3c4ccc5[nH]c6ccccc6c5c4oc3c12. The van der Waals surface area contributed by atoms with Gasteiger partial charge in [0.15, 0.2) is 0 Å². The normalized spacial score (nSPS) is 12.4. The zero-order valence-corrected chi connectivity index (χ0v) is 14.3. The lowest BCUT2D eigenvalue weighted by molar-refractivity contribution is 0.677. The monoisotopic (exact) mass is 346 g/mol. The van der Waals surface area contributed by atoms with E-state index >= 15 is 0 Å². The zero-order valence-electron chi connectivity index (χ0n) is 14.3. The molecule has 0 atom stereocenters. The van der Waals surface area contributed by atoms with Gasteiger partial charge in [0.25, 0.3) is 0 Å². The van der Waals surface area contributed by atoms with E-state index in [1.54, 1.807) is 0 Å². The third kappa shape index (κ3) is 1.57. The largest absolute Gasteiger partial charge is 0.455 e. The fourth-order valence-electron chi connectivity index (χ4n) is 4.56. The minimum atomic E-state index is 0.956. The Bertz CT molecular complexity index is 1550. The smallest absolute Gasteiger partial charge is 0.145 e. The van der Waals surface area contributed by atoms with Gasteiger partial charge in [-0.15, -0.1) is 0 Å². The van der Waals surface area contributed by atoms with Crippen molar-refractivity contribution >= 4 is 65.6 Å². The first-order chi connectivity index (χ1) is 13.4. The van der Waals surface area contributed by atoms with Crippen LogP contribution in [-0.2, 0) is 0 Å². The number of benzene rings is 4. The first kappa shape index (κ1) is 13.5. The summed E-state index contributed by atoms with van der Waals surface area (Å²) >= 11 is 0. The van der Waals surface area contributed by atoms with Crippen LogP contribution >= 0.6 is 0 Å². The molecule has 7 aromatic rings. The standard InChI is InChI=1S/C24H14N2O/c1-3-7-17-15(5-1)21-19(25-17)11-9-13-14-10-12-20-22(24(14)27-23(13)21)16-6-2-4-8-18(16)26-20/h1-12,25-26H. The van der Waals surface area contributed by atoms with Crippen molar-refractivity contribution in [3.05, 3.63) is 72.8 Å². The van der Waals surface area contributed by atoms with E-state index in [2.05, 4.69) is 82.8 Å². The summed E-state index contributed by atoms with van der Waals surface area (Å²) in [5.41, 5.74) is 6.40. The molecule has 2 N–H and O–H groups in total. The highest BCUT2D eigenvalue weighted by Gasteiger charge is 2.17. The molecule has 0 radical (unpaired) electrons. The molecule has 7 rings (SSSR count). The molecule has 0 aliphatic heterocycles. The number of H-pyrrole nitrogens is 2. The molecular weight excluding hydrogens is 332 g/mol. The maximum absolute atomic E-state index is 6.57. The van der Waals surface area contributed by atoms with Gasteiger partial charge >= 0.3 is 0 Å². The number of rotatable bonds is 0. The maximum atomic E-state index is 6.57. The highest BCUT2D eigenvalue weighted by molar-refractivity contribution is 6.28. The second-order valence-corrected chi connectivity index (χ2v) is 7.17. The number of para-hydroxylation sites is 2. The van der Waals surface area contributed by atoms with E-state index < -0.39 is 0 Å². The molecule has 0 saturated carbocycles. The quantitative estimate of drug-likeness (QED) is 0.310. The van der Waals surface area contributed by atoms with Gasteiger partial charge in [-0.05, 0) is 36.4 Å². The molecule has 3 heterocycles. The average molecular weight is 346 g/mol. The van der Waals surface area contributed by atoms with Crippen LogP contribution in [0.3, 0.4) is 0 Å². The Morgan fingerprint density at radius 1 is 0.444 bits per heavy atom. The average Bonchev–Trinajstić information content (AvgIpc) is 3.37. The molecule has 0 spiro atoms. The number of nitrogens with one attached hydrogen (secondary N) is 2. The molecular formula is C24H14N2O. The number of aromatic amines is 2. The molecule has 3 nitrogen and oxygen atoms in total. The van der Waals surface area contributed by atoms with Crippen LogP contribution < -0.4 is 0 Å². The molecule has 4 aromatic carbocycles. The summed E-state index contributed by atoms with van der Waals surface area (Å²) in [6, 6.07) is 25.5. The highest BCUT2D eigenvalue weighted by Crippen LogP contribution is 2.41. The van der Waals surface area contributed by atoms with Gasteiger partial charge in [-0.3, -0.25) is 0 Å². The highest BCUT2D eigenvalue weighted by atomic mass is 16.3. The number of hydrogen-bond donors (Lipinski definition) is 2. The van der Waals surface area contributed by atoms with Crippen LogP contribution in [0, 0.1) is 0 Å². The molecule has 0 fully saturated rings. The molecule has 0 aliphatic rings. The molecule has 0 aliphatic carbocycles. The first-order valence-electron chi connectivity index (χ1n) is 9.13. The summed E-state index contributed by atoms with van der Waals surface area (Å²) in [7, 11) is 0. The number of aromatic nitrogens is 2. The van der Waals surface area contributed by atoms with Gasteiger partial charge in [0, 0.05) is 32.6 Å². The van der Waals surface area contributed by atoms with Crippen molar-refractivity contribution in [1.82, 2.24) is 9.97 Å². The van der Waals surface area contributed by atoms with Gasteiger partial charge in [-0.25, -0.2) is 0 Å². The van der Waals surface area contributed by atoms with Crippen molar-refractivity contribution in [3.63, 3.8) is 0 Å². The van der Waals surface area contributed by atoms with Crippen molar-refractivity contribution in [3.8, 4) is 0 Å². The Labute approximate surface area is 153 Å². The van der Waals surface area contributed by atoms with E-state index in [4.69, 9.17) is 4.42 Å². The third-order valence-electron chi connectivity index (χ3n) is 5.74. The van der Waals surface area contributed by atoms with Crippen LogP contribution in [0.2, 0.25) is 0 Å². The summed E-state index contributed by atoms with van der Waals surface area (Å²) in [6.45, 7) is 0. The van der Waals surface area contributed by atoms with Crippen LogP contribution in [0.25, 0.3) is 65.6 Å². The predicted octanol–water partition coefficient (Wildman–Crippen LogP) is 6.86. The van der Waals surface area contributed by atoms with Crippen LogP contribution in [0.15, 0.2) is 77.2 Å². The van der Waals surface area contributed by atoms with Crippen molar-refractivity contribution in [1.29, 1.82) is 0 Å². The van der Waals surface area contributed by atoms with E-state index in [1.165, 1.54) is 10.8 Å². The third-order valence-corrected chi connectivity index (χ3v) is 5.74. The van der Waals surface area contributed by atoms with Gasteiger partial charge < -0.3 is 14.4 Å². The minimum Gasteiger partial charge on any atom is -0.455 e. The zero-order chi connectivity index (χ0) is 17.5. The molecule has 3 aromatic heterocycles. The van der Waals surface area contributed by atoms with Crippen molar-refractivity contribution < 1.29 is 4.42 Å². The Morgan fingerprint density at radius 3 is 1.44 bits per heavy atom. The fourth-order valence-corrected chi connectivity index (χ4v) is 4.56. The molecule has 0 unspecified atom stereocenters. The Balaban J connectivity index is 1.78. The van der Waals surface area contributed by atoms with Crippen LogP contribution in [0.4, 0.5) is 0 Å². The summed E-state index contributed by atoms with van der Waals surface area (Å²) in [4.78, 5) is 7.02. The fraction of sp³-hybridized carbons (Fsp3) is 0. The number of hydrogen-bond acceptors (Lipinski definition) is 1. The van der Waals surface area contributed by atoms with Crippen molar-refractivity contribution in [2.24, 2.45) is 0 Å². The van der Waals surface area contributed by atoms with Gasteiger partial charge in [0.05, 0.1) is 21.8 Å². The van der Waals surface area contributed by atoms with E-state index in [1.807, 2.05) is 0 Å². The molecule has 27 heavy (non-hydrogen) atoms. The Hall–Kier alpha value is -3.72. The lowest BCUT2D eigenvalue weighted by Crippen LogP contribution is -1.71. The topological polar surface area (TPSA) is 44.7 Å². The second-order valence-electron chi connectivity index (χ2n) is 7.17. The second kappa shape index (κ2) is 4.51.